The normalized spacial score (nSPS) is 12.3. The Hall–Kier alpha value is -3.00. The highest BCUT2D eigenvalue weighted by atomic mass is 35.5. The van der Waals surface area contributed by atoms with Gasteiger partial charge in [0.25, 0.3) is 5.91 Å². The standard InChI is InChI=1S/C27H30ClN3O3S/c1-20-5-7-22(8-6-20)18-31(35(33,34)25-15-13-24(28)14-16-25)19-26(32)30-29-17-21-9-11-23(12-10-21)27(2,3)4/h5-17H,18-19H2,1-4H3,(H,30,32)/b29-17-. The fraction of sp³-hybridized carbons (Fsp3) is 0.259. The number of nitrogens with one attached hydrogen (secondary N) is 1. The number of carbonyl (C=O) groups is 1. The van der Waals surface area contributed by atoms with Gasteiger partial charge in [-0.3, -0.25) is 4.79 Å². The van der Waals surface area contributed by atoms with Crippen LogP contribution in [0.4, 0.5) is 0 Å². The van der Waals surface area contributed by atoms with E-state index >= 15 is 0 Å². The number of halogens is 1. The van der Waals surface area contributed by atoms with Crippen LogP contribution in [0, 0.1) is 6.92 Å². The first kappa shape index (κ1) is 26.6. The van der Waals surface area contributed by atoms with Gasteiger partial charge < -0.3 is 0 Å². The summed E-state index contributed by atoms with van der Waals surface area (Å²) in [7, 11) is -3.96. The third kappa shape index (κ3) is 7.49. The Morgan fingerprint density at radius 3 is 2.14 bits per heavy atom. The van der Waals surface area contributed by atoms with Crippen LogP contribution in [0.15, 0.2) is 82.8 Å². The molecule has 0 heterocycles. The lowest BCUT2D eigenvalue weighted by atomic mass is 9.87. The Morgan fingerprint density at radius 1 is 0.971 bits per heavy atom. The summed E-state index contributed by atoms with van der Waals surface area (Å²) in [4.78, 5) is 12.7. The predicted molar refractivity (Wildman–Crippen MR) is 141 cm³/mol. The lowest BCUT2D eigenvalue weighted by Crippen LogP contribution is -2.39. The minimum absolute atomic E-state index is 0.0383. The van der Waals surface area contributed by atoms with Crippen LogP contribution >= 0.6 is 11.6 Å². The van der Waals surface area contributed by atoms with Crippen LogP contribution in [0.25, 0.3) is 0 Å². The molecule has 0 saturated heterocycles. The molecule has 8 heteroatoms. The molecule has 0 atom stereocenters. The van der Waals surface area contributed by atoms with Crippen LogP contribution < -0.4 is 5.43 Å². The molecule has 0 aliphatic heterocycles. The maximum Gasteiger partial charge on any atom is 0.255 e. The van der Waals surface area contributed by atoms with E-state index in [1.54, 1.807) is 0 Å². The number of carbonyl (C=O) groups excluding carboxylic acids is 1. The van der Waals surface area contributed by atoms with Gasteiger partial charge in [0.05, 0.1) is 17.7 Å². The van der Waals surface area contributed by atoms with Gasteiger partial charge >= 0.3 is 0 Å². The number of amides is 1. The van der Waals surface area contributed by atoms with Gasteiger partial charge in [-0.2, -0.15) is 9.41 Å². The van der Waals surface area contributed by atoms with Crippen LogP contribution in [0.3, 0.4) is 0 Å². The largest absolute Gasteiger partial charge is 0.272 e. The summed E-state index contributed by atoms with van der Waals surface area (Å²) >= 11 is 5.92. The number of nitrogens with zero attached hydrogens (tertiary/aromatic N) is 2. The lowest BCUT2D eigenvalue weighted by molar-refractivity contribution is -0.121. The van der Waals surface area contributed by atoms with Crippen LogP contribution in [-0.4, -0.2) is 31.4 Å². The maximum absolute atomic E-state index is 13.3. The Bertz CT molecular complexity index is 1280. The van der Waals surface area contributed by atoms with Gasteiger partial charge in [-0.15, -0.1) is 0 Å². The molecule has 0 saturated carbocycles. The highest BCUT2D eigenvalue weighted by Gasteiger charge is 2.27. The van der Waals surface area contributed by atoms with Gasteiger partial charge in [-0.05, 0) is 53.3 Å². The zero-order valence-electron chi connectivity index (χ0n) is 20.3. The van der Waals surface area contributed by atoms with Crippen molar-refractivity contribution in [2.24, 2.45) is 5.10 Å². The number of benzene rings is 3. The molecule has 0 bridgehead atoms. The summed E-state index contributed by atoms with van der Waals surface area (Å²) in [6.07, 6.45) is 1.53. The van der Waals surface area contributed by atoms with Crippen molar-refractivity contribution in [3.05, 3.63) is 100 Å². The molecule has 3 aromatic carbocycles. The molecular formula is C27H30ClN3O3S. The van der Waals surface area contributed by atoms with E-state index in [2.05, 4.69) is 31.3 Å². The minimum Gasteiger partial charge on any atom is -0.272 e. The molecule has 0 unspecified atom stereocenters. The van der Waals surface area contributed by atoms with Crippen molar-refractivity contribution in [2.75, 3.05) is 6.54 Å². The van der Waals surface area contributed by atoms with Gasteiger partial charge in [-0.1, -0.05) is 86.5 Å². The molecule has 6 nitrogen and oxygen atoms in total. The Labute approximate surface area is 212 Å². The van der Waals surface area contributed by atoms with Crippen LogP contribution in [0.5, 0.6) is 0 Å². The Morgan fingerprint density at radius 2 is 1.57 bits per heavy atom. The van der Waals surface area contributed by atoms with E-state index in [1.165, 1.54) is 36.0 Å². The Kier molecular flexibility index (Phi) is 8.48. The van der Waals surface area contributed by atoms with E-state index < -0.39 is 15.9 Å². The number of hydrogen-bond donors (Lipinski definition) is 1. The fourth-order valence-corrected chi connectivity index (χ4v) is 4.83. The van der Waals surface area contributed by atoms with Crippen LogP contribution in [0.1, 0.15) is 43.0 Å². The number of hydrogen-bond acceptors (Lipinski definition) is 4. The zero-order valence-corrected chi connectivity index (χ0v) is 21.9. The summed E-state index contributed by atoms with van der Waals surface area (Å²) in [5, 5.41) is 4.44. The van der Waals surface area contributed by atoms with Crippen molar-refractivity contribution in [3.63, 3.8) is 0 Å². The van der Waals surface area contributed by atoms with Gasteiger partial charge in [0.2, 0.25) is 10.0 Å². The number of hydrazone groups is 1. The molecule has 184 valence electrons. The van der Waals surface area contributed by atoms with Crippen LogP contribution in [0.2, 0.25) is 5.02 Å². The second-order valence-electron chi connectivity index (χ2n) is 9.38. The van der Waals surface area contributed by atoms with Crippen molar-refractivity contribution in [1.29, 1.82) is 0 Å². The highest BCUT2D eigenvalue weighted by Crippen LogP contribution is 2.22. The van der Waals surface area contributed by atoms with Crippen LogP contribution in [-0.2, 0) is 26.8 Å². The maximum atomic E-state index is 13.3. The predicted octanol–water partition coefficient (Wildman–Crippen LogP) is 5.29. The molecule has 3 aromatic rings. The van der Waals surface area contributed by atoms with Crippen molar-refractivity contribution in [2.45, 2.75) is 44.6 Å². The molecule has 0 radical (unpaired) electrons. The SMILES string of the molecule is Cc1ccc(CN(CC(=O)N/N=C\c2ccc(C(C)(C)C)cc2)S(=O)(=O)c2ccc(Cl)cc2)cc1. The molecule has 0 aromatic heterocycles. The van der Waals surface area contributed by atoms with Gasteiger partial charge in [0.15, 0.2) is 0 Å². The van der Waals surface area contributed by atoms with Gasteiger partial charge in [-0.25, -0.2) is 13.8 Å². The van der Waals surface area contributed by atoms with E-state index in [9.17, 15) is 13.2 Å². The van der Waals surface area contributed by atoms with Crippen molar-refractivity contribution in [1.82, 2.24) is 9.73 Å². The van der Waals surface area contributed by atoms with E-state index in [0.717, 1.165) is 21.0 Å². The third-order valence-corrected chi connectivity index (χ3v) is 7.49. The monoisotopic (exact) mass is 511 g/mol. The number of sulfonamides is 1. The van der Waals surface area contributed by atoms with E-state index in [-0.39, 0.29) is 23.4 Å². The molecule has 1 N–H and O–H groups in total. The third-order valence-electron chi connectivity index (χ3n) is 5.43. The minimum atomic E-state index is -3.96. The van der Waals surface area contributed by atoms with E-state index in [0.29, 0.717) is 5.02 Å². The summed E-state index contributed by atoms with van der Waals surface area (Å²) in [6, 6.07) is 21.2. The summed E-state index contributed by atoms with van der Waals surface area (Å²) in [5.41, 5.74) is 6.32. The number of rotatable bonds is 8. The molecule has 0 fully saturated rings. The first-order chi connectivity index (χ1) is 16.4. The molecular weight excluding hydrogens is 482 g/mol. The Balaban J connectivity index is 1.75. The average molecular weight is 512 g/mol. The van der Waals surface area contributed by atoms with Crippen molar-refractivity contribution < 1.29 is 13.2 Å². The molecule has 0 aliphatic carbocycles. The molecule has 0 spiro atoms. The second kappa shape index (κ2) is 11.2. The lowest BCUT2D eigenvalue weighted by Gasteiger charge is -2.21. The van der Waals surface area contributed by atoms with Crippen molar-refractivity contribution >= 4 is 33.7 Å². The smallest absolute Gasteiger partial charge is 0.255 e. The molecule has 1 amide bonds. The van der Waals surface area contributed by atoms with Gasteiger partial charge in [0, 0.05) is 11.6 Å². The topological polar surface area (TPSA) is 78.8 Å². The summed E-state index contributed by atoms with van der Waals surface area (Å²) in [5.74, 6) is -0.544. The first-order valence-corrected chi connectivity index (χ1v) is 13.0. The first-order valence-electron chi connectivity index (χ1n) is 11.2. The molecule has 35 heavy (non-hydrogen) atoms. The van der Waals surface area contributed by atoms with E-state index in [4.69, 9.17) is 11.6 Å². The second-order valence-corrected chi connectivity index (χ2v) is 11.8. The molecule has 0 aliphatic rings. The average Bonchev–Trinajstić information content (AvgIpc) is 2.80. The van der Waals surface area contributed by atoms with Crippen molar-refractivity contribution in [3.8, 4) is 0 Å². The highest BCUT2D eigenvalue weighted by molar-refractivity contribution is 7.89. The van der Waals surface area contributed by atoms with Gasteiger partial charge in [0.1, 0.15) is 0 Å². The zero-order chi connectivity index (χ0) is 25.6. The molecule has 3 rings (SSSR count). The quantitative estimate of drug-likeness (QED) is 0.330. The summed E-state index contributed by atoms with van der Waals surface area (Å²) < 4.78 is 27.8. The fourth-order valence-electron chi connectivity index (χ4n) is 3.32. The number of aryl methyl sites for hydroxylation is 1. The van der Waals surface area contributed by atoms with E-state index in [1.807, 2.05) is 55.5 Å². The summed E-state index contributed by atoms with van der Waals surface area (Å²) in [6.45, 7) is 8.01.